The first-order valence-corrected chi connectivity index (χ1v) is 11.8. The molecule has 39 heavy (non-hydrogen) atoms. The number of halogens is 4. The predicted octanol–water partition coefficient (Wildman–Crippen LogP) is 4.03. The van der Waals surface area contributed by atoms with Gasteiger partial charge in [0, 0.05) is 12.7 Å². The number of aromatic nitrogens is 3. The van der Waals surface area contributed by atoms with Crippen LogP contribution in [0.2, 0.25) is 5.15 Å². The number of carbonyl (C=O) groups excluding carboxylic acids is 2. The second-order valence-electron chi connectivity index (χ2n) is 9.18. The number of benzene rings is 1. The standard InChI is InChI=1S/C24H23ClF3N5O6/c1-23(2,24(26,27)28)39-10-16(30-22(36)37)15-9-32-18(29-15)8-14(19(25)31-32)17(11-38-3)33-20(34)12-6-4-5-7-13(12)21(33)35/h4-9,16-17,30H,10-11H2,1-3H3,(H,36,37). The summed E-state index contributed by atoms with van der Waals surface area (Å²) >= 11 is 6.44. The molecular formula is C24H23ClF3N5O6. The molecule has 2 N–H and O–H groups in total. The third kappa shape index (κ3) is 5.40. The average Bonchev–Trinajstić information content (AvgIpc) is 3.37. The fourth-order valence-corrected chi connectivity index (χ4v) is 4.27. The van der Waals surface area contributed by atoms with Gasteiger partial charge in [-0.25, -0.2) is 14.3 Å². The fourth-order valence-electron chi connectivity index (χ4n) is 4.01. The number of imide groups is 1. The highest BCUT2D eigenvalue weighted by Gasteiger charge is 2.49. The molecule has 0 fully saturated rings. The number of hydrogen-bond acceptors (Lipinski definition) is 7. The highest BCUT2D eigenvalue weighted by Crippen LogP contribution is 2.36. The number of rotatable bonds is 9. The van der Waals surface area contributed by atoms with Gasteiger partial charge in [-0.05, 0) is 32.0 Å². The number of nitrogens with zero attached hydrogens (tertiary/aromatic N) is 4. The quantitative estimate of drug-likeness (QED) is 0.369. The first kappa shape index (κ1) is 28.3. The van der Waals surface area contributed by atoms with E-state index in [1.165, 1.54) is 36.0 Å². The molecule has 1 aromatic carbocycles. The number of alkyl halides is 3. The molecule has 15 heteroatoms. The van der Waals surface area contributed by atoms with Gasteiger partial charge in [-0.3, -0.25) is 14.5 Å². The summed E-state index contributed by atoms with van der Waals surface area (Å²) in [6, 6.07) is 5.47. The topological polar surface area (TPSA) is 135 Å². The number of carbonyl (C=O) groups is 3. The van der Waals surface area contributed by atoms with E-state index in [1.807, 2.05) is 0 Å². The lowest BCUT2D eigenvalue weighted by Gasteiger charge is -2.29. The van der Waals surface area contributed by atoms with Crippen molar-refractivity contribution in [2.45, 2.75) is 37.7 Å². The van der Waals surface area contributed by atoms with Crippen LogP contribution in [0, 0.1) is 0 Å². The van der Waals surface area contributed by atoms with E-state index in [-0.39, 0.29) is 39.8 Å². The van der Waals surface area contributed by atoms with Crippen LogP contribution < -0.4 is 5.32 Å². The molecule has 0 spiro atoms. The average molecular weight is 570 g/mol. The molecule has 0 saturated heterocycles. The molecule has 0 saturated carbocycles. The van der Waals surface area contributed by atoms with Crippen molar-refractivity contribution in [3.05, 3.63) is 64.1 Å². The number of methoxy groups -OCH3 is 1. The summed E-state index contributed by atoms with van der Waals surface area (Å²) in [6.07, 6.45) is -4.93. The monoisotopic (exact) mass is 569 g/mol. The summed E-state index contributed by atoms with van der Waals surface area (Å²) in [5.41, 5.74) is -1.77. The Hall–Kier alpha value is -3.75. The Morgan fingerprint density at radius 3 is 2.31 bits per heavy atom. The molecule has 208 valence electrons. The summed E-state index contributed by atoms with van der Waals surface area (Å²) in [6.45, 7) is 0.819. The minimum atomic E-state index is -4.70. The summed E-state index contributed by atoms with van der Waals surface area (Å²) in [4.78, 5) is 42.9. The van der Waals surface area contributed by atoms with Crippen LogP contribution in [0.4, 0.5) is 18.0 Å². The molecule has 3 amide bonds. The van der Waals surface area contributed by atoms with E-state index >= 15 is 0 Å². The largest absolute Gasteiger partial charge is 0.465 e. The first-order chi connectivity index (χ1) is 18.2. The molecule has 11 nitrogen and oxygen atoms in total. The van der Waals surface area contributed by atoms with Crippen molar-refractivity contribution in [3.8, 4) is 0 Å². The molecule has 2 aromatic heterocycles. The minimum absolute atomic E-state index is 0.000105. The molecular weight excluding hydrogens is 547 g/mol. The van der Waals surface area contributed by atoms with Crippen LogP contribution in [-0.2, 0) is 9.47 Å². The van der Waals surface area contributed by atoms with Crippen molar-refractivity contribution in [2.75, 3.05) is 20.3 Å². The van der Waals surface area contributed by atoms with Crippen LogP contribution in [0.5, 0.6) is 0 Å². The van der Waals surface area contributed by atoms with Crippen molar-refractivity contribution in [3.63, 3.8) is 0 Å². The van der Waals surface area contributed by atoms with Crippen molar-refractivity contribution < 1.29 is 42.1 Å². The zero-order valence-electron chi connectivity index (χ0n) is 20.8. The van der Waals surface area contributed by atoms with Gasteiger partial charge in [-0.1, -0.05) is 23.7 Å². The maximum Gasteiger partial charge on any atom is 0.416 e. The van der Waals surface area contributed by atoms with E-state index in [0.29, 0.717) is 0 Å². The van der Waals surface area contributed by atoms with Gasteiger partial charge in [0.25, 0.3) is 11.8 Å². The lowest BCUT2D eigenvalue weighted by Crippen LogP contribution is -2.44. The lowest BCUT2D eigenvalue weighted by atomic mass is 10.1. The Kier molecular flexibility index (Phi) is 7.56. The molecule has 1 aliphatic heterocycles. The van der Waals surface area contributed by atoms with Crippen LogP contribution in [0.15, 0.2) is 36.5 Å². The Morgan fingerprint density at radius 1 is 1.15 bits per heavy atom. The Balaban J connectivity index is 1.70. The van der Waals surface area contributed by atoms with E-state index in [4.69, 9.17) is 21.1 Å². The van der Waals surface area contributed by atoms with Gasteiger partial charge in [-0.2, -0.15) is 18.3 Å². The van der Waals surface area contributed by atoms with Crippen molar-refractivity contribution in [1.82, 2.24) is 24.8 Å². The molecule has 3 heterocycles. The van der Waals surface area contributed by atoms with Gasteiger partial charge in [0.15, 0.2) is 16.4 Å². The molecule has 3 aromatic rings. The number of ether oxygens (including phenoxy) is 2. The van der Waals surface area contributed by atoms with E-state index < -0.39 is 48.4 Å². The predicted molar refractivity (Wildman–Crippen MR) is 130 cm³/mol. The molecule has 2 unspecified atom stereocenters. The Morgan fingerprint density at radius 2 is 1.77 bits per heavy atom. The highest BCUT2D eigenvalue weighted by molar-refractivity contribution is 6.30. The summed E-state index contributed by atoms with van der Waals surface area (Å²) in [5, 5.41) is 15.4. The van der Waals surface area contributed by atoms with Gasteiger partial charge in [-0.15, -0.1) is 0 Å². The van der Waals surface area contributed by atoms with Crippen LogP contribution in [-0.4, -0.2) is 74.6 Å². The fraction of sp³-hybridized carbons (Fsp3) is 0.375. The summed E-state index contributed by atoms with van der Waals surface area (Å²) in [7, 11) is 1.38. The molecule has 0 radical (unpaired) electrons. The highest BCUT2D eigenvalue weighted by atomic mass is 35.5. The summed E-state index contributed by atoms with van der Waals surface area (Å²) in [5.74, 6) is -1.10. The lowest BCUT2D eigenvalue weighted by molar-refractivity contribution is -0.265. The SMILES string of the molecule is COCC(c1cc2nc(C(COC(C)(C)C(F)(F)F)NC(=O)O)cn2nc1Cl)N1C(=O)c2ccccc2C1=O. The van der Waals surface area contributed by atoms with E-state index in [1.54, 1.807) is 12.1 Å². The number of imidazole rings is 1. The number of amides is 3. The number of nitrogens with one attached hydrogen (secondary N) is 1. The van der Waals surface area contributed by atoms with Gasteiger partial charge in [0.2, 0.25) is 0 Å². The zero-order valence-corrected chi connectivity index (χ0v) is 21.6. The second-order valence-corrected chi connectivity index (χ2v) is 9.54. The van der Waals surface area contributed by atoms with Crippen molar-refractivity contribution >= 4 is 35.2 Å². The molecule has 0 aliphatic carbocycles. The zero-order chi connectivity index (χ0) is 28.7. The number of carboxylic acid groups (broad SMARTS) is 1. The maximum atomic E-state index is 13.2. The van der Waals surface area contributed by atoms with Gasteiger partial charge >= 0.3 is 12.3 Å². The first-order valence-electron chi connectivity index (χ1n) is 11.5. The van der Waals surface area contributed by atoms with E-state index in [0.717, 1.165) is 18.7 Å². The van der Waals surface area contributed by atoms with Crippen molar-refractivity contribution in [1.29, 1.82) is 0 Å². The van der Waals surface area contributed by atoms with E-state index in [2.05, 4.69) is 15.4 Å². The maximum absolute atomic E-state index is 13.2. The number of fused-ring (bicyclic) bond motifs is 2. The minimum Gasteiger partial charge on any atom is -0.465 e. The van der Waals surface area contributed by atoms with Crippen LogP contribution >= 0.6 is 11.6 Å². The van der Waals surface area contributed by atoms with Crippen LogP contribution in [0.1, 0.15) is 57.9 Å². The van der Waals surface area contributed by atoms with Gasteiger partial charge in [0.1, 0.15) is 0 Å². The Labute approximate surface area is 224 Å². The molecule has 4 rings (SSSR count). The third-order valence-electron chi connectivity index (χ3n) is 6.22. The molecule has 0 bridgehead atoms. The molecule has 2 atom stereocenters. The second kappa shape index (κ2) is 10.4. The van der Waals surface area contributed by atoms with Crippen molar-refractivity contribution in [2.24, 2.45) is 0 Å². The molecule has 1 aliphatic rings. The smallest absolute Gasteiger partial charge is 0.416 e. The normalized spacial score (nSPS) is 15.5. The number of hydrogen-bond donors (Lipinski definition) is 2. The van der Waals surface area contributed by atoms with Gasteiger partial charge < -0.3 is 19.9 Å². The van der Waals surface area contributed by atoms with Gasteiger partial charge in [0.05, 0.1) is 48.3 Å². The van der Waals surface area contributed by atoms with Crippen LogP contribution in [0.3, 0.4) is 0 Å². The van der Waals surface area contributed by atoms with Crippen LogP contribution in [0.25, 0.3) is 5.65 Å². The van der Waals surface area contributed by atoms with E-state index in [9.17, 15) is 32.7 Å². The Bertz CT molecular complexity index is 1410. The third-order valence-corrected chi connectivity index (χ3v) is 6.51. The summed E-state index contributed by atoms with van der Waals surface area (Å²) < 4.78 is 51.2.